The van der Waals surface area contributed by atoms with Crippen LogP contribution in [0.4, 0.5) is 5.82 Å². The van der Waals surface area contributed by atoms with Crippen LogP contribution in [0, 0.1) is 13.8 Å². The van der Waals surface area contributed by atoms with Crippen LogP contribution in [0.15, 0.2) is 29.4 Å². The Morgan fingerprint density at radius 2 is 2.00 bits per heavy atom. The number of aryl methyl sites for hydroxylation is 2. The van der Waals surface area contributed by atoms with Crippen molar-refractivity contribution in [2.24, 2.45) is 0 Å². The fraction of sp³-hybridized carbons (Fsp3) is 0.375. The Kier molecular flexibility index (Phi) is 5.01. The summed E-state index contributed by atoms with van der Waals surface area (Å²) in [4.78, 5) is 9.96. The summed E-state index contributed by atoms with van der Waals surface area (Å²) in [5.74, 6) is 0.933. The van der Waals surface area contributed by atoms with E-state index < -0.39 is 0 Å². The standard InChI is InChI=1S/C16H21N3S/c1-5-14-12(3)16(19-10-18-14)17-9-13-7-6-11(2)15(8-13)20-4/h6-8,10H,5,9H2,1-4H3,(H,17,18,19). The highest BCUT2D eigenvalue weighted by Crippen LogP contribution is 2.22. The van der Waals surface area contributed by atoms with E-state index in [9.17, 15) is 0 Å². The third-order valence-electron chi connectivity index (χ3n) is 3.46. The Bertz CT molecular complexity index is 596. The Hall–Kier alpha value is -1.55. The van der Waals surface area contributed by atoms with Gasteiger partial charge in [0.2, 0.25) is 0 Å². The molecule has 20 heavy (non-hydrogen) atoms. The smallest absolute Gasteiger partial charge is 0.132 e. The molecule has 2 aromatic rings. The molecule has 0 atom stereocenters. The first-order valence-electron chi connectivity index (χ1n) is 6.83. The van der Waals surface area contributed by atoms with E-state index in [0.29, 0.717) is 0 Å². The number of thioether (sulfide) groups is 1. The van der Waals surface area contributed by atoms with Crippen molar-refractivity contribution in [3.63, 3.8) is 0 Å². The van der Waals surface area contributed by atoms with Gasteiger partial charge in [-0.1, -0.05) is 19.1 Å². The lowest BCUT2D eigenvalue weighted by Crippen LogP contribution is -2.06. The summed E-state index contributed by atoms with van der Waals surface area (Å²) in [7, 11) is 0. The lowest BCUT2D eigenvalue weighted by atomic mass is 10.1. The molecule has 0 aliphatic rings. The van der Waals surface area contributed by atoms with Crippen LogP contribution >= 0.6 is 11.8 Å². The maximum atomic E-state index is 4.33. The van der Waals surface area contributed by atoms with Gasteiger partial charge in [-0.15, -0.1) is 11.8 Å². The van der Waals surface area contributed by atoms with E-state index in [0.717, 1.165) is 30.0 Å². The fourth-order valence-corrected chi connectivity index (χ4v) is 2.84. The van der Waals surface area contributed by atoms with Crippen LogP contribution in [0.3, 0.4) is 0 Å². The Labute approximate surface area is 125 Å². The topological polar surface area (TPSA) is 37.8 Å². The number of aromatic nitrogens is 2. The number of nitrogens with zero attached hydrogens (tertiary/aromatic N) is 2. The fourth-order valence-electron chi connectivity index (χ4n) is 2.18. The molecule has 0 bridgehead atoms. The summed E-state index contributed by atoms with van der Waals surface area (Å²) in [5.41, 5.74) is 4.85. The molecule has 1 N–H and O–H groups in total. The van der Waals surface area contributed by atoms with Gasteiger partial charge in [-0.3, -0.25) is 0 Å². The van der Waals surface area contributed by atoms with E-state index in [1.165, 1.54) is 16.0 Å². The molecule has 0 amide bonds. The molecule has 0 saturated carbocycles. The normalized spacial score (nSPS) is 10.6. The van der Waals surface area contributed by atoms with Gasteiger partial charge in [0.15, 0.2) is 0 Å². The molecular formula is C16H21N3S. The Morgan fingerprint density at radius 1 is 1.20 bits per heavy atom. The number of anilines is 1. The molecule has 1 aromatic heterocycles. The van der Waals surface area contributed by atoms with E-state index in [1.807, 2.05) is 0 Å². The molecule has 0 radical (unpaired) electrons. The number of hydrogen-bond donors (Lipinski definition) is 1. The largest absolute Gasteiger partial charge is 0.366 e. The lowest BCUT2D eigenvalue weighted by molar-refractivity contribution is 0.958. The van der Waals surface area contributed by atoms with Gasteiger partial charge < -0.3 is 5.32 Å². The van der Waals surface area contributed by atoms with Gasteiger partial charge in [0.05, 0.1) is 0 Å². The van der Waals surface area contributed by atoms with Crippen LogP contribution in [-0.2, 0) is 13.0 Å². The zero-order chi connectivity index (χ0) is 14.5. The monoisotopic (exact) mass is 287 g/mol. The minimum absolute atomic E-state index is 0.787. The van der Waals surface area contributed by atoms with Gasteiger partial charge in [-0.05, 0) is 43.7 Å². The summed E-state index contributed by atoms with van der Waals surface area (Å²) in [6.07, 6.45) is 4.68. The molecule has 0 unspecified atom stereocenters. The number of rotatable bonds is 5. The summed E-state index contributed by atoms with van der Waals surface area (Å²) < 4.78 is 0. The maximum absolute atomic E-state index is 4.33. The highest BCUT2D eigenvalue weighted by Gasteiger charge is 2.05. The predicted octanol–water partition coefficient (Wildman–Crippen LogP) is 3.99. The van der Waals surface area contributed by atoms with E-state index in [4.69, 9.17) is 0 Å². The van der Waals surface area contributed by atoms with Crippen molar-refractivity contribution in [1.29, 1.82) is 0 Å². The quantitative estimate of drug-likeness (QED) is 0.844. The molecule has 0 aliphatic heterocycles. The molecule has 0 fully saturated rings. The van der Waals surface area contributed by atoms with Crippen molar-refractivity contribution in [3.8, 4) is 0 Å². The number of hydrogen-bond acceptors (Lipinski definition) is 4. The van der Waals surface area contributed by atoms with Gasteiger partial charge >= 0.3 is 0 Å². The summed E-state index contributed by atoms with van der Waals surface area (Å²) in [6, 6.07) is 6.58. The van der Waals surface area contributed by atoms with Crippen LogP contribution < -0.4 is 5.32 Å². The molecule has 106 valence electrons. The first-order valence-corrected chi connectivity index (χ1v) is 8.06. The van der Waals surface area contributed by atoms with Crippen LogP contribution in [0.5, 0.6) is 0 Å². The first-order chi connectivity index (χ1) is 9.65. The molecular weight excluding hydrogens is 266 g/mol. The van der Waals surface area contributed by atoms with Crippen molar-refractivity contribution < 1.29 is 0 Å². The highest BCUT2D eigenvalue weighted by molar-refractivity contribution is 7.98. The highest BCUT2D eigenvalue weighted by atomic mass is 32.2. The van der Waals surface area contributed by atoms with E-state index in [-0.39, 0.29) is 0 Å². The summed E-state index contributed by atoms with van der Waals surface area (Å²) >= 11 is 1.79. The van der Waals surface area contributed by atoms with Gasteiger partial charge in [0.1, 0.15) is 12.1 Å². The van der Waals surface area contributed by atoms with E-state index in [1.54, 1.807) is 18.1 Å². The summed E-state index contributed by atoms with van der Waals surface area (Å²) in [6.45, 7) is 7.12. The predicted molar refractivity (Wildman–Crippen MR) is 86.4 cm³/mol. The maximum Gasteiger partial charge on any atom is 0.132 e. The number of benzene rings is 1. The molecule has 0 saturated heterocycles. The second-order valence-corrected chi connectivity index (χ2v) is 5.65. The van der Waals surface area contributed by atoms with Gasteiger partial charge in [0, 0.05) is 22.7 Å². The second-order valence-electron chi connectivity index (χ2n) is 4.81. The van der Waals surface area contributed by atoms with Crippen molar-refractivity contribution in [2.45, 2.75) is 38.6 Å². The first kappa shape index (κ1) is 14.9. The minimum atomic E-state index is 0.787. The van der Waals surface area contributed by atoms with Crippen LogP contribution in [-0.4, -0.2) is 16.2 Å². The Morgan fingerprint density at radius 3 is 2.70 bits per heavy atom. The third kappa shape index (κ3) is 3.31. The van der Waals surface area contributed by atoms with Crippen LogP contribution in [0.2, 0.25) is 0 Å². The minimum Gasteiger partial charge on any atom is -0.366 e. The third-order valence-corrected chi connectivity index (χ3v) is 4.34. The zero-order valence-corrected chi connectivity index (χ0v) is 13.3. The molecule has 2 rings (SSSR count). The molecule has 3 nitrogen and oxygen atoms in total. The molecule has 0 aliphatic carbocycles. The van der Waals surface area contributed by atoms with E-state index >= 15 is 0 Å². The molecule has 1 aromatic carbocycles. The zero-order valence-electron chi connectivity index (χ0n) is 12.5. The van der Waals surface area contributed by atoms with Gasteiger partial charge in [-0.25, -0.2) is 9.97 Å². The average Bonchev–Trinajstić information content (AvgIpc) is 2.47. The Balaban J connectivity index is 2.13. The second kappa shape index (κ2) is 6.75. The van der Waals surface area contributed by atoms with Crippen molar-refractivity contribution in [1.82, 2.24) is 9.97 Å². The van der Waals surface area contributed by atoms with Gasteiger partial charge in [-0.2, -0.15) is 0 Å². The molecule has 4 heteroatoms. The SMILES string of the molecule is CCc1ncnc(NCc2ccc(C)c(SC)c2)c1C. The molecule has 1 heterocycles. The van der Waals surface area contributed by atoms with Crippen molar-refractivity contribution in [2.75, 3.05) is 11.6 Å². The van der Waals surface area contributed by atoms with Crippen LogP contribution in [0.25, 0.3) is 0 Å². The number of nitrogens with one attached hydrogen (secondary N) is 1. The van der Waals surface area contributed by atoms with E-state index in [2.05, 4.69) is 60.5 Å². The molecule has 0 spiro atoms. The van der Waals surface area contributed by atoms with Crippen molar-refractivity contribution >= 4 is 17.6 Å². The van der Waals surface area contributed by atoms with Crippen LogP contribution in [0.1, 0.15) is 29.3 Å². The van der Waals surface area contributed by atoms with Gasteiger partial charge in [0.25, 0.3) is 0 Å². The lowest BCUT2D eigenvalue weighted by Gasteiger charge is -2.12. The average molecular weight is 287 g/mol. The summed E-state index contributed by atoms with van der Waals surface area (Å²) in [5, 5.41) is 3.41. The van der Waals surface area contributed by atoms with Crippen molar-refractivity contribution in [3.05, 3.63) is 46.9 Å².